The van der Waals surface area contributed by atoms with Gasteiger partial charge in [-0.2, -0.15) is 0 Å². The maximum absolute atomic E-state index is 12.9. The second-order valence-corrected chi connectivity index (χ2v) is 9.58. The molecule has 1 aliphatic rings. The third-order valence-electron chi connectivity index (χ3n) is 4.94. The zero-order chi connectivity index (χ0) is 23.5. The number of hydrogen-bond acceptors (Lipinski definition) is 5. The number of carbonyl (C=O) groups excluding carboxylic acids is 2. The monoisotopic (exact) mass is 543 g/mol. The third kappa shape index (κ3) is 5.27. The van der Waals surface area contributed by atoms with Crippen molar-refractivity contribution in [3.8, 4) is 11.5 Å². The summed E-state index contributed by atoms with van der Waals surface area (Å²) < 4.78 is 12.2. The molecule has 1 aliphatic heterocycles. The quantitative estimate of drug-likeness (QED) is 0.306. The number of aryl methyl sites for hydroxylation is 1. The van der Waals surface area contributed by atoms with Gasteiger partial charge in [0.15, 0.2) is 11.5 Å². The topological polar surface area (TPSA) is 55.8 Å². The maximum Gasteiger partial charge on any atom is 0.298 e. The molecule has 3 aromatic rings. The summed E-state index contributed by atoms with van der Waals surface area (Å²) in [5.74, 6) is 0.678. The van der Waals surface area contributed by atoms with Gasteiger partial charge in [-0.1, -0.05) is 63.4 Å². The van der Waals surface area contributed by atoms with Crippen LogP contribution in [0.25, 0.3) is 6.08 Å². The Morgan fingerprint density at radius 1 is 1.06 bits per heavy atom. The van der Waals surface area contributed by atoms with Crippen molar-refractivity contribution in [1.82, 2.24) is 0 Å². The zero-order valence-corrected chi connectivity index (χ0v) is 21.0. The van der Waals surface area contributed by atoms with E-state index in [2.05, 4.69) is 15.9 Å². The van der Waals surface area contributed by atoms with E-state index in [9.17, 15) is 9.59 Å². The van der Waals surface area contributed by atoms with Crippen molar-refractivity contribution in [3.63, 3.8) is 0 Å². The number of benzene rings is 3. The Labute approximate surface area is 209 Å². The van der Waals surface area contributed by atoms with Crippen molar-refractivity contribution < 1.29 is 19.1 Å². The molecule has 0 radical (unpaired) electrons. The molecular weight excluding hydrogens is 526 g/mol. The van der Waals surface area contributed by atoms with Gasteiger partial charge in [0.1, 0.15) is 6.61 Å². The van der Waals surface area contributed by atoms with E-state index < -0.39 is 5.91 Å². The average molecular weight is 545 g/mol. The van der Waals surface area contributed by atoms with Gasteiger partial charge in [-0.3, -0.25) is 9.59 Å². The Kier molecular flexibility index (Phi) is 7.12. The van der Waals surface area contributed by atoms with E-state index in [1.807, 2.05) is 31.2 Å². The number of amides is 2. The number of halogens is 2. The van der Waals surface area contributed by atoms with Crippen LogP contribution in [0.4, 0.5) is 10.5 Å². The van der Waals surface area contributed by atoms with Gasteiger partial charge >= 0.3 is 0 Å². The van der Waals surface area contributed by atoms with E-state index in [4.69, 9.17) is 21.1 Å². The molecule has 33 heavy (non-hydrogen) atoms. The number of carbonyl (C=O) groups is 2. The van der Waals surface area contributed by atoms with Crippen LogP contribution in [0, 0.1) is 6.92 Å². The van der Waals surface area contributed by atoms with E-state index >= 15 is 0 Å². The molecule has 0 atom stereocenters. The summed E-state index contributed by atoms with van der Waals surface area (Å²) in [5, 5.41) is 0.0684. The lowest BCUT2D eigenvalue weighted by molar-refractivity contribution is -0.113. The fourth-order valence-electron chi connectivity index (χ4n) is 3.23. The van der Waals surface area contributed by atoms with Crippen molar-refractivity contribution in [3.05, 3.63) is 91.8 Å². The largest absolute Gasteiger partial charge is 0.493 e. The van der Waals surface area contributed by atoms with Crippen molar-refractivity contribution in [2.24, 2.45) is 0 Å². The fourth-order valence-corrected chi connectivity index (χ4v) is 4.68. The first-order chi connectivity index (χ1) is 15.9. The maximum atomic E-state index is 12.9. The first-order valence-corrected chi connectivity index (χ1v) is 11.9. The van der Waals surface area contributed by atoms with Crippen LogP contribution in [-0.4, -0.2) is 18.3 Å². The Bertz CT molecular complexity index is 1260. The Morgan fingerprint density at radius 2 is 1.82 bits per heavy atom. The average Bonchev–Trinajstić information content (AvgIpc) is 3.07. The summed E-state index contributed by atoms with van der Waals surface area (Å²) in [6.45, 7) is 2.42. The van der Waals surface area contributed by atoms with Crippen LogP contribution in [0.15, 0.2) is 70.0 Å². The minimum absolute atomic E-state index is 0.302. The standard InChI is InChI=1S/C25H19BrClNO4S/c1-15-6-8-16(9-7-15)14-32-22-13-20(26)17(10-21(22)31-2)11-23-24(29)28(25(30)33-23)19-5-3-4-18(27)12-19/h3-13H,14H2,1-2H3/b23-11+. The zero-order valence-electron chi connectivity index (χ0n) is 17.8. The van der Waals surface area contributed by atoms with Crippen LogP contribution in [0.2, 0.25) is 5.02 Å². The van der Waals surface area contributed by atoms with Crippen LogP contribution in [0.3, 0.4) is 0 Å². The first-order valence-electron chi connectivity index (χ1n) is 9.95. The minimum atomic E-state index is -0.405. The van der Waals surface area contributed by atoms with E-state index in [0.717, 1.165) is 22.2 Å². The van der Waals surface area contributed by atoms with Gasteiger partial charge in [0.05, 0.1) is 17.7 Å². The highest BCUT2D eigenvalue weighted by Gasteiger charge is 2.36. The SMILES string of the molecule is COc1cc(/C=C2/SC(=O)N(c3cccc(Cl)c3)C2=O)c(Br)cc1OCc1ccc(C)cc1. The number of imide groups is 1. The second-order valence-electron chi connectivity index (χ2n) is 7.30. The molecule has 0 unspecified atom stereocenters. The smallest absolute Gasteiger partial charge is 0.298 e. The van der Waals surface area contributed by atoms with Crippen LogP contribution < -0.4 is 14.4 Å². The summed E-state index contributed by atoms with van der Waals surface area (Å²) >= 11 is 10.4. The third-order valence-corrected chi connectivity index (χ3v) is 6.74. The van der Waals surface area contributed by atoms with Gasteiger partial charge in [-0.25, -0.2) is 4.90 Å². The number of nitrogens with zero attached hydrogens (tertiary/aromatic N) is 1. The molecule has 0 aliphatic carbocycles. The first kappa shape index (κ1) is 23.4. The fraction of sp³-hybridized carbons (Fsp3) is 0.120. The predicted molar refractivity (Wildman–Crippen MR) is 136 cm³/mol. The molecule has 0 N–H and O–H groups in total. The van der Waals surface area contributed by atoms with E-state index in [1.54, 1.807) is 49.6 Å². The minimum Gasteiger partial charge on any atom is -0.493 e. The van der Waals surface area contributed by atoms with Crippen molar-refractivity contribution >= 4 is 62.2 Å². The van der Waals surface area contributed by atoms with Crippen molar-refractivity contribution in [2.75, 3.05) is 12.0 Å². The van der Waals surface area contributed by atoms with Crippen LogP contribution in [0.1, 0.15) is 16.7 Å². The van der Waals surface area contributed by atoms with E-state index in [0.29, 0.717) is 43.8 Å². The lowest BCUT2D eigenvalue weighted by Crippen LogP contribution is -2.27. The Morgan fingerprint density at radius 3 is 2.52 bits per heavy atom. The lowest BCUT2D eigenvalue weighted by Gasteiger charge is -2.14. The molecule has 1 saturated heterocycles. The number of methoxy groups -OCH3 is 1. The summed E-state index contributed by atoms with van der Waals surface area (Å²) in [6, 6.07) is 18.3. The molecule has 8 heteroatoms. The van der Waals surface area contributed by atoms with Gasteiger partial charge in [0.2, 0.25) is 0 Å². The molecule has 0 spiro atoms. The van der Waals surface area contributed by atoms with Crippen LogP contribution >= 0.6 is 39.3 Å². The molecule has 0 saturated carbocycles. The summed E-state index contributed by atoms with van der Waals surface area (Å²) in [6.07, 6.45) is 1.66. The number of rotatable bonds is 6. The molecule has 3 aromatic carbocycles. The van der Waals surface area contributed by atoms with Crippen molar-refractivity contribution in [2.45, 2.75) is 13.5 Å². The van der Waals surface area contributed by atoms with Gasteiger partial charge in [0.25, 0.3) is 11.1 Å². The second kappa shape index (κ2) is 10.0. The lowest BCUT2D eigenvalue weighted by atomic mass is 10.1. The summed E-state index contributed by atoms with van der Waals surface area (Å²) in [7, 11) is 1.55. The van der Waals surface area contributed by atoms with Crippen LogP contribution in [-0.2, 0) is 11.4 Å². The summed E-state index contributed by atoms with van der Waals surface area (Å²) in [4.78, 5) is 26.9. The van der Waals surface area contributed by atoms with Gasteiger partial charge in [-0.05, 0) is 66.2 Å². The molecule has 5 nitrogen and oxygen atoms in total. The normalized spacial score (nSPS) is 14.8. The number of thioether (sulfide) groups is 1. The van der Waals surface area contributed by atoms with Gasteiger partial charge < -0.3 is 9.47 Å². The van der Waals surface area contributed by atoms with E-state index in [1.165, 1.54) is 5.56 Å². The summed E-state index contributed by atoms with van der Waals surface area (Å²) in [5.41, 5.74) is 3.34. The molecule has 0 aromatic heterocycles. The molecule has 2 amide bonds. The highest BCUT2D eigenvalue weighted by molar-refractivity contribution is 9.10. The van der Waals surface area contributed by atoms with Gasteiger partial charge in [0, 0.05) is 9.50 Å². The molecule has 1 fully saturated rings. The Hall–Kier alpha value is -2.74. The molecule has 1 heterocycles. The van der Waals surface area contributed by atoms with Gasteiger partial charge in [-0.15, -0.1) is 0 Å². The number of ether oxygens (including phenoxy) is 2. The predicted octanol–water partition coefficient (Wildman–Crippen LogP) is 7.24. The van der Waals surface area contributed by atoms with E-state index in [-0.39, 0.29) is 5.24 Å². The number of anilines is 1. The van der Waals surface area contributed by atoms with Crippen LogP contribution in [0.5, 0.6) is 11.5 Å². The molecule has 168 valence electrons. The Balaban J connectivity index is 1.58. The molecule has 4 rings (SSSR count). The van der Waals surface area contributed by atoms with Crippen molar-refractivity contribution in [1.29, 1.82) is 0 Å². The number of hydrogen-bond donors (Lipinski definition) is 0. The molecule has 0 bridgehead atoms. The highest BCUT2D eigenvalue weighted by atomic mass is 79.9. The highest BCUT2D eigenvalue weighted by Crippen LogP contribution is 2.40. The molecular formula is C25H19BrClNO4S.